The monoisotopic (exact) mass is 336 g/mol. The number of rotatable bonds is 3. The zero-order chi connectivity index (χ0) is 17.7. The first-order valence-corrected chi connectivity index (χ1v) is 7.88. The van der Waals surface area contributed by atoms with Crippen LogP contribution in [0, 0.1) is 0 Å². The van der Waals surface area contributed by atoms with E-state index in [0.29, 0.717) is 0 Å². The summed E-state index contributed by atoms with van der Waals surface area (Å²) in [5.41, 5.74) is 0.261. The first kappa shape index (κ1) is 18.1. The summed E-state index contributed by atoms with van der Waals surface area (Å²) in [5.74, 6) is 0. The van der Waals surface area contributed by atoms with E-state index in [4.69, 9.17) is 9.47 Å². The number of nitrogens with zero attached hydrogens (tertiary/aromatic N) is 1. The second-order valence-corrected chi connectivity index (χ2v) is 6.77. The normalized spacial score (nSPS) is 20.6. The third kappa shape index (κ3) is 5.42. The van der Waals surface area contributed by atoms with E-state index >= 15 is 0 Å². The number of hydrogen-bond donors (Lipinski definition) is 2. The molecule has 1 heterocycles. The molecule has 1 aliphatic rings. The van der Waals surface area contributed by atoms with E-state index in [2.05, 4.69) is 5.32 Å². The van der Waals surface area contributed by atoms with Crippen molar-refractivity contribution in [2.75, 3.05) is 13.1 Å². The van der Waals surface area contributed by atoms with Crippen molar-refractivity contribution in [1.29, 1.82) is 0 Å². The van der Waals surface area contributed by atoms with Gasteiger partial charge in [0.05, 0.1) is 18.7 Å². The predicted molar refractivity (Wildman–Crippen MR) is 87.4 cm³/mol. The molecule has 2 rings (SSSR count). The molecular weight excluding hydrogens is 312 g/mol. The minimum absolute atomic E-state index is 0.110. The molecule has 0 bridgehead atoms. The molecule has 7 nitrogen and oxygen atoms in total. The molecule has 2 atom stereocenters. The average molecular weight is 336 g/mol. The van der Waals surface area contributed by atoms with E-state index in [-0.39, 0.29) is 19.7 Å². The number of carbonyl (C=O) groups excluding carboxylic acids is 2. The highest BCUT2D eigenvalue weighted by molar-refractivity contribution is 5.70. The first-order valence-electron chi connectivity index (χ1n) is 7.88. The van der Waals surface area contributed by atoms with Crippen molar-refractivity contribution >= 4 is 12.2 Å². The Morgan fingerprint density at radius 3 is 2.54 bits per heavy atom. The molecular formula is C17H24N2O5. The fourth-order valence-electron chi connectivity index (χ4n) is 2.32. The predicted octanol–water partition coefficient (Wildman–Crippen LogP) is 1.89. The zero-order valence-electron chi connectivity index (χ0n) is 14.2. The van der Waals surface area contributed by atoms with E-state index < -0.39 is 29.9 Å². The fraction of sp³-hybridized carbons (Fsp3) is 0.529. The van der Waals surface area contributed by atoms with E-state index in [9.17, 15) is 14.7 Å². The van der Waals surface area contributed by atoms with Crippen LogP contribution in [0.4, 0.5) is 9.59 Å². The number of aliphatic hydroxyl groups excluding tert-OH is 1. The van der Waals surface area contributed by atoms with Gasteiger partial charge in [0.2, 0.25) is 0 Å². The van der Waals surface area contributed by atoms with Crippen molar-refractivity contribution < 1.29 is 24.2 Å². The molecule has 1 aliphatic heterocycles. The topological polar surface area (TPSA) is 88.1 Å². The Labute approximate surface area is 141 Å². The van der Waals surface area contributed by atoms with Crippen LogP contribution in [0.3, 0.4) is 0 Å². The van der Waals surface area contributed by atoms with Crippen molar-refractivity contribution in [3.63, 3.8) is 0 Å². The maximum absolute atomic E-state index is 12.0. The quantitative estimate of drug-likeness (QED) is 0.880. The van der Waals surface area contributed by atoms with Gasteiger partial charge in [-0.15, -0.1) is 0 Å². The lowest BCUT2D eigenvalue weighted by Crippen LogP contribution is -2.43. The first-order chi connectivity index (χ1) is 11.2. The smallest absolute Gasteiger partial charge is 0.410 e. The van der Waals surface area contributed by atoms with E-state index in [1.165, 1.54) is 4.90 Å². The lowest BCUT2D eigenvalue weighted by molar-refractivity contribution is 0.0269. The summed E-state index contributed by atoms with van der Waals surface area (Å²) in [7, 11) is 0. The van der Waals surface area contributed by atoms with Crippen LogP contribution in [0.2, 0.25) is 0 Å². The summed E-state index contributed by atoms with van der Waals surface area (Å²) in [6.45, 7) is 5.75. The van der Waals surface area contributed by atoms with Gasteiger partial charge >= 0.3 is 12.2 Å². The SMILES string of the molecule is CC(C)(C)OC(=O)N1CC(O)C(NC(=O)OCc2ccccc2)C1. The number of amides is 2. The molecule has 0 aromatic heterocycles. The highest BCUT2D eigenvalue weighted by atomic mass is 16.6. The summed E-state index contributed by atoms with van der Waals surface area (Å²) in [6.07, 6.45) is -2.00. The van der Waals surface area contributed by atoms with Gasteiger partial charge in [-0.1, -0.05) is 30.3 Å². The fourth-order valence-corrected chi connectivity index (χ4v) is 2.32. The molecule has 0 spiro atoms. The average Bonchev–Trinajstić information content (AvgIpc) is 2.86. The number of nitrogens with one attached hydrogen (secondary N) is 1. The highest BCUT2D eigenvalue weighted by Crippen LogP contribution is 2.16. The summed E-state index contributed by atoms with van der Waals surface area (Å²) in [4.78, 5) is 25.2. The van der Waals surface area contributed by atoms with Gasteiger partial charge in [-0.3, -0.25) is 0 Å². The van der Waals surface area contributed by atoms with Crippen LogP contribution in [0.5, 0.6) is 0 Å². The van der Waals surface area contributed by atoms with Crippen LogP contribution in [0.15, 0.2) is 30.3 Å². The molecule has 1 aromatic rings. The Morgan fingerprint density at radius 1 is 1.25 bits per heavy atom. The number of benzene rings is 1. The molecule has 0 saturated carbocycles. The third-order valence-electron chi connectivity index (χ3n) is 3.46. The number of carbonyl (C=O) groups is 2. The largest absolute Gasteiger partial charge is 0.445 e. The Morgan fingerprint density at radius 2 is 1.92 bits per heavy atom. The van der Waals surface area contributed by atoms with Crippen LogP contribution >= 0.6 is 0 Å². The van der Waals surface area contributed by atoms with Gasteiger partial charge in [-0.25, -0.2) is 9.59 Å². The van der Waals surface area contributed by atoms with Crippen molar-refractivity contribution in [3.05, 3.63) is 35.9 Å². The number of aliphatic hydroxyl groups is 1. The van der Waals surface area contributed by atoms with Gasteiger partial charge in [0.1, 0.15) is 12.2 Å². The van der Waals surface area contributed by atoms with Crippen molar-refractivity contribution in [3.8, 4) is 0 Å². The number of likely N-dealkylation sites (tertiary alicyclic amines) is 1. The van der Waals surface area contributed by atoms with Crippen LogP contribution in [-0.2, 0) is 16.1 Å². The van der Waals surface area contributed by atoms with Gasteiger partial charge in [0.25, 0.3) is 0 Å². The van der Waals surface area contributed by atoms with E-state index in [1.54, 1.807) is 20.8 Å². The van der Waals surface area contributed by atoms with Crippen molar-refractivity contribution in [1.82, 2.24) is 10.2 Å². The summed E-state index contributed by atoms with van der Waals surface area (Å²) in [6, 6.07) is 8.71. The lowest BCUT2D eigenvalue weighted by atomic mass is 10.2. The van der Waals surface area contributed by atoms with Gasteiger partial charge in [-0.2, -0.15) is 0 Å². The van der Waals surface area contributed by atoms with Crippen LogP contribution in [0.25, 0.3) is 0 Å². The Bertz CT molecular complexity index is 570. The molecule has 1 fully saturated rings. The molecule has 24 heavy (non-hydrogen) atoms. The van der Waals surface area contributed by atoms with Gasteiger partial charge < -0.3 is 24.8 Å². The molecule has 0 aliphatic carbocycles. The molecule has 0 radical (unpaired) electrons. The standard InChI is InChI=1S/C17H24N2O5/c1-17(2,3)24-16(22)19-9-13(14(20)10-19)18-15(21)23-11-12-7-5-4-6-8-12/h4-8,13-14,20H,9-11H2,1-3H3,(H,18,21). The Balaban J connectivity index is 1.80. The minimum atomic E-state index is -0.859. The molecule has 132 valence electrons. The van der Waals surface area contributed by atoms with E-state index in [1.807, 2.05) is 30.3 Å². The van der Waals surface area contributed by atoms with Crippen LogP contribution < -0.4 is 5.32 Å². The van der Waals surface area contributed by atoms with Crippen molar-refractivity contribution in [2.45, 2.75) is 45.1 Å². The van der Waals surface area contributed by atoms with Gasteiger partial charge in [-0.05, 0) is 26.3 Å². The second-order valence-electron chi connectivity index (χ2n) is 6.77. The van der Waals surface area contributed by atoms with E-state index in [0.717, 1.165) is 5.56 Å². The van der Waals surface area contributed by atoms with Crippen LogP contribution in [0.1, 0.15) is 26.3 Å². The number of ether oxygens (including phenoxy) is 2. The molecule has 7 heteroatoms. The zero-order valence-corrected chi connectivity index (χ0v) is 14.2. The second kappa shape index (κ2) is 7.53. The van der Waals surface area contributed by atoms with Gasteiger partial charge in [0.15, 0.2) is 0 Å². The Hall–Kier alpha value is -2.28. The minimum Gasteiger partial charge on any atom is -0.445 e. The third-order valence-corrected chi connectivity index (χ3v) is 3.46. The number of β-amino-alcohol motifs (C(OH)–C–C–N with tert-alkyl or cyclic N) is 1. The maximum atomic E-state index is 12.0. The number of hydrogen-bond acceptors (Lipinski definition) is 5. The molecule has 2 amide bonds. The number of alkyl carbamates (subject to hydrolysis) is 1. The molecule has 2 unspecified atom stereocenters. The molecule has 2 N–H and O–H groups in total. The molecule has 1 aromatic carbocycles. The van der Waals surface area contributed by atoms with Crippen LogP contribution in [-0.4, -0.2) is 53.0 Å². The van der Waals surface area contributed by atoms with Gasteiger partial charge in [0, 0.05) is 6.54 Å². The lowest BCUT2D eigenvalue weighted by Gasteiger charge is -2.24. The van der Waals surface area contributed by atoms with Crippen molar-refractivity contribution in [2.24, 2.45) is 0 Å². The summed E-state index contributed by atoms with van der Waals surface area (Å²) in [5, 5.41) is 12.6. The maximum Gasteiger partial charge on any atom is 0.410 e. The molecule has 1 saturated heterocycles. The highest BCUT2D eigenvalue weighted by Gasteiger charge is 2.37. The Kier molecular flexibility index (Phi) is 5.66. The summed E-state index contributed by atoms with van der Waals surface area (Å²) < 4.78 is 10.4. The summed E-state index contributed by atoms with van der Waals surface area (Å²) >= 11 is 0.